The summed E-state index contributed by atoms with van der Waals surface area (Å²) in [6.45, 7) is 3.55. The van der Waals surface area contributed by atoms with Crippen LogP contribution in [-0.2, 0) is 8.87 Å². The Labute approximate surface area is 150 Å². The van der Waals surface area contributed by atoms with Gasteiger partial charge in [-0.15, -0.1) is 23.5 Å². The van der Waals surface area contributed by atoms with Gasteiger partial charge in [-0.05, 0) is 17.2 Å². The number of carbonyl (C=O) groups excluding carboxylic acids is 1. The van der Waals surface area contributed by atoms with Crippen LogP contribution in [0.1, 0.15) is 11.1 Å². The lowest BCUT2D eigenvalue weighted by molar-refractivity contribution is -0.107. The topological polar surface area (TPSA) is 17.1 Å². The molecule has 0 aromatic heterocycles. The molecular weight excluding hydrogens is 340 g/mol. The molecule has 1 aliphatic rings. The molecule has 23 heavy (non-hydrogen) atoms. The molecule has 0 aliphatic carbocycles. The van der Waals surface area contributed by atoms with Gasteiger partial charge < -0.3 is 0 Å². The van der Waals surface area contributed by atoms with Gasteiger partial charge in [-0.3, -0.25) is 4.79 Å². The summed E-state index contributed by atoms with van der Waals surface area (Å²) in [4.78, 5) is 11.5. The molecule has 118 valence electrons. The van der Waals surface area contributed by atoms with E-state index in [2.05, 4.69) is 67.2 Å². The molecule has 2 aromatic rings. The van der Waals surface area contributed by atoms with E-state index in [1.165, 1.54) is 29.0 Å². The third kappa shape index (κ3) is 3.70. The van der Waals surface area contributed by atoms with Crippen molar-refractivity contribution in [1.29, 1.82) is 0 Å². The fourth-order valence-corrected chi connectivity index (χ4v) is 7.34. The molecule has 0 spiro atoms. The van der Waals surface area contributed by atoms with E-state index in [1.807, 2.05) is 23.5 Å². The highest BCUT2D eigenvalue weighted by Gasteiger charge is 2.43. The van der Waals surface area contributed by atoms with E-state index >= 15 is 0 Å². The minimum atomic E-state index is -0.0784. The number of carbonyl (C=O) groups is 1. The van der Waals surface area contributed by atoms with Crippen molar-refractivity contribution in [1.82, 2.24) is 0 Å². The Morgan fingerprint density at radius 3 is 2.22 bits per heavy atom. The molecule has 3 rings (SSSR count). The summed E-state index contributed by atoms with van der Waals surface area (Å²) in [5, 5.41) is 0.516. The zero-order valence-corrected chi connectivity index (χ0v) is 15.1. The van der Waals surface area contributed by atoms with Gasteiger partial charge in [-0.2, -0.15) is 0 Å². The van der Waals surface area contributed by atoms with Crippen molar-refractivity contribution in [3.8, 4) is 0 Å². The van der Waals surface area contributed by atoms with Gasteiger partial charge in [0.25, 0.3) is 0 Å². The van der Waals surface area contributed by atoms with Crippen molar-refractivity contribution < 1.29 is 4.79 Å². The lowest BCUT2D eigenvalue weighted by Crippen LogP contribution is -2.17. The van der Waals surface area contributed by atoms with Crippen LogP contribution in [0.25, 0.3) is 0 Å². The SMILES string of the molecule is C=CC(=O)SCC1CSC(c2ccccc2)(c2ccccc2)S1. The van der Waals surface area contributed by atoms with E-state index in [0.29, 0.717) is 5.25 Å². The molecule has 1 aliphatic heterocycles. The maximum absolute atomic E-state index is 11.5. The Morgan fingerprint density at radius 2 is 1.70 bits per heavy atom. The molecule has 2 aromatic carbocycles. The Bertz CT molecular complexity index is 630. The molecule has 1 saturated heterocycles. The Morgan fingerprint density at radius 1 is 1.13 bits per heavy atom. The van der Waals surface area contributed by atoms with Crippen LogP contribution in [-0.4, -0.2) is 21.9 Å². The average molecular weight is 359 g/mol. The summed E-state index contributed by atoms with van der Waals surface area (Å²) in [5.74, 6) is 1.88. The van der Waals surface area contributed by atoms with Crippen molar-refractivity contribution in [2.24, 2.45) is 0 Å². The monoisotopic (exact) mass is 358 g/mol. The maximum Gasteiger partial charge on any atom is 0.211 e. The van der Waals surface area contributed by atoms with Crippen LogP contribution in [0.2, 0.25) is 0 Å². The van der Waals surface area contributed by atoms with E-state index < -0.39 is 0 Å². The number of hydrogen-bond donors (Lipinski definition) is 0. The molecule has 4 heteroatoms. The fraction of sp³-hybridized carbons (Fsp3) is 0.211. The highest BCUT2D eigenvalue weighted by Crippen LogP contribution is 2.59. The standard InChI is InChI=1S/C19H18OS3/c1-2-18(20)21-13-17-14-22-19(23-17,15-9-5-3-6-10-15)16-11-7-4-8-12-16/h2-12,17H,1,13-14H2. The minimum Gasteiger partial charge on any atom is -0.282 e. The van der Waals surface area contributed by atoms with Gasteiger partial charge in [0.1, 0.15) is 4.08 Å². The van der Waals surface area contributed by atoms with Crippen LogP contribution in [0.5, 0.6) is 0 Å². The van der Waals surface area contributed by atoms with Gasteiger partial charge in [-0.1, -0.05) is 79.0 Å². The first-order chi connectivity index (χ1) is 11.2. The third-order valence-electron chi connectivity index (χ3n) is 3.69. The van der Waals surface area contributed by atoms with E-state index in [1.54, 1.807) is 0 Å². The average Bonchev–Trinajstić information content (AvgIpc) is 3.07. The molecule has 1 heterocycles. The molecule has 1 nitrogen and oxygen atoms in total. The quantitative estimate of drug-likeness (QED) is 0.685. The molecule has 1 fully saturated rings. The van der Waals surface area contributed by atoms with Crippen LogP contribution in [0, 0.1) is 0 Å². The summed E-state index contributed by atoms with van der Waals surface area (Å²) in [7, 11) is 0. The highest BCUT2D eigenvalue weighted by molar-refractivity contribution is 8.22. The van der Waals surface area contributed by atoms with Crippen molar-refractivity contribution in [2.75, 3.05) is 11.5 Å². The largest absolute Gasteiger partial charge is 0.282 e. The van der Waals surface area contributed by atoms with E-state index in [4.69, 9.17) is 0 Å². The zero-order chi connectivity index (χ0) is 16.1. The lowest BCUT2D eigenvalue weighted by atomic mass is 10.0. The predicted molar refractivity (Wildman–Crippen MR) is 105 cm³/mol. The van der Waals surface area contributed by atoms with Crippen molar-refractivity contribution in [3.05, 3.63) is 84.4 Å². The third-order valence-corrected chi connectivity index (χ3v) is 8.69. The number of hydrogen-bond acceptors (Lipinski definition) is 4. The van der Waals surface area contributed by atoms with Crippen LogP contribution in [0.4, 0.5) is 0 Å². The molecule has 0 bridgehead atoms. The van der Waals surface area contributed by atoms with Crippen LogP contribution >= 0.6 is 35.3 Å². The number of thioether (sulfide) groups is 3. The molecular formula is C19H18OS3. The van der Waals surface area contributed by atoms with Crippen molar-refractivity contribution >= 4 is 40.4 Å². The van der Waals surface area contributed by atoms with Gasteiger partial charge in [0, 0.05) is 16.8 Å². The van der Waals surface area contributed by atoms with E-state index in [9.17, 15) is 4.79 Å². The first kappa shape index (κ1) is 16.7. The number of benzene rings is 2. The van der Waals surface area contributed by atoms with Gasteiger partial charge in [-0.25, -0.2) is 0 Å². The summed E-state index contributed by atoms with van der Waals surface area (Å²) in [6.07, 6.45) is 1.40. The zero-order valence-electron chi connectivity index (χ0n) is 12.7. The molecule has 1 atom stereocenters. The van der Waals surface area contributed by atoms with Gasteiger partial charge in [0.15, 0.2) is 0 Å². The van der Waals surface area contributed by atoms with Gasteiger partial charge in [0.2, 0.25) is 5.12 Å². The summed E-state index contributed by atoms with van der Waals surface area (Å²) in [5.41, 5.74) is 2.65. The second kappa shape index (κ2) is 7.65. The molecule has 0 saturated carbocycles. The van der Waals surface area contributed by atoms with Gasteiger partial charge in [0.05, 0.1) is 0 Å². The Balaban J connectivity index is 1.87. The van der Waals surface area contributed by atoms with Crippen molar-refractivity contribution in [3.63, 3.8) is 0 Å². The fourth-order valence-electron chi connectivity index (χ4n) is 2.61. The molecule has 0 N–H and O–H groups in total. The first-order valence-electron chi connectivity index (χ1n) is 7.46. The second-order valence-electron chi connectivity index (χ2n) is 5.23. The van der Waals surface area contributed by atoms with Crippen molar-refractivity contribution in [2.45, 2.75) is 9.33 Å². The summed E-state index contributed by atoms with van der Waals surface area (Å²) < 4.78 is -0.0784. The molecule has 1 unspecified atom stereocenters. The summed E-state index contributed by atoms with van der Waals surface area (Å²) >= 11 is 5.32. The highest BCUT2D eigenvalue weighted by atomic mass is 32.2. The number of rotatable bonds is 5. The van der Waals surface area contributed by atoms with E-state index in [0.717, 1.165) is 11.5 Å². The lowest BCUT2D eigenvalue weighted by Gasteiger charge is -2.29. The smallest absolute Gasteiger partial charge is 0.211 e. The second-order valence-corrected chi connectivity index (χ2v) is 9.27. The molecule has 0 amide bonds. The summed E-state index contributed by atoms with van der Waals surface area (Å²) in [6, 6.07) is 21.3. The van der Waals surface area contributed by atoms with Crippen LogP contribution in [0.3, 0.4) is 0 Å². The van der Waals surface area contributed by atoms with Crippen LogP contribution < -0.4 is 0 Å². The Hall–Kier alpha value is -1.10. The molecule has 0 radical (unpaired) electrons. The van der Waals surface area contributed by atoms with Crippen LogP contribution in [0.15, 0.2) is 73.3 Å². The maximum atomic E-state index is 11.5. The normalized spacial score (nSPS) is 19.4. The van der Waals surface area contributed by atoms with Gasteiger partial charge >= 0.3 is 0 Å². The minimum absolute atomic E-state index is 0.0625. The Kier molecular flexibility index (Phi) is 5.57. The first-order valence-corrected chi connectivity index (χ1v) is 10.3. The predicted octanol–water partition coefficient (Wildman–Crippen LogP) is 5.18. The van der Waals surface area contributed by atoms with E-state index in [-0.39, 0.29) is 9.19 Å².